The quantitative estimate of drug-likeness (QED) is 0.824. The van der Waals surface area contributed by atoms with Crippen molar-refractivity contribution in [3.8, 4) is 11.5 Å². The van der Waals surface area contributed by atoms with Crippen molar-refractivity contribution in [1.29, 1.82) is 0 Å². The highest BCUT2D eigenvalue weighted by Gasteiger charge is 2.37. The molecular formula is C21H22N2O4. The summed E-state index contributed by atoms with van der Waals surface area (Å²) in [6.45, 7) is 3.97. The summed E-state index contributed by atoms with van der Waals surface area (Å²) >= 11 is 0. The molecule has 1 aliphatic rings. The summed E-state index contributed by atoms with van der Waals surface area (Å²) in [4.78, 5) is 26.6. The SMILES string of the molecule is COc1ccc(C2=C(Nc3cccc(C)c3C)C(=O)N(C)C2=O)cc1OC. The molecule has 2 aromatic carbocycles. The number of imide groups is 1. The molecule has 0 saturated heterocycles. The Bertz CT molecular complexity index is 963. The number of hydrogen-bond donors (Lipinski definition) is 1. The number of carbonyl (C=O) groups excluding carboxylic acids is 2. The van der Waals surface area contributed by atoms with Gasteiger partial charge in [0.25, 0.3) is 11.8 Å². The van der Waals surface area contributed by atoms with Crippen molar-refractivity contribution in [2.24, 2.45) is 0 Å². The summed E-state index contributed by atoms with van der Waals surface area (Å²) in [7, 11) is 4.55. The molecule has 1 heterocycles. The second-order valence-corrected chi connectivity index (χ2v) is 6.36. The largest absolute Gasteiger partial charge is 0.493 e. The summed E-state index contributed by atoms with van der Waals surface area (Å²) in [6.07, 6.45) is 0. The zero-order chi connectivity index (χ0) is 19.7. The Morgan fingerprint density at radius 3 is 2.30 bits per heavy atom. The van der Waals surface area contributed by atoms with E-state index in [9.17, 15) is 9.59 Å². The van der Waals surface area contributed by atoms with Gasteiger partial charge >= 0.3 is 0 Å². The molecule has 1 N–H and O–H groups in total. The number of rotatable bonds is 5. The number of benzene rings is 2. The van der Waals surface area contributed by atoms with E-state index >= 15 is 0 Å². The molecule has 0 saturated carbocycles. The molecule has 0 radical (unpaired) electrons. The summed E-state index contributed by atoms with van der Waals surface area (Å²) in [5.74, 6) is 0.310. The Morgan fingerprint density at radius 1 is 0.926 bits per heavy atom. The second kappa shape index (κ2) is 7.15. The van der Waals surface area contributed by atoms with Crippen molar-refractivity contribution < 1.29 is 19.1 Å². The number of aryl methyl sites for hydroxylation is 1. The van der Waals surface area contributed by atoms with Crippen LogP contribution in [0.4, 0.5) is 5.69 Å². The number of likely N-dealkylation sites (N-methyl/N-ethyl adjacent to an activating group) is 1. The first-order valence-corrected chi connectivity index (χ1v) is 8.51. The van der Waals surface area contributed by atoms with Crippen molar-refractivity contribution in [3.05, 3.63) is 58.8 Å². The zero-order valence-electron chi connectivity index (χ0n) is 16.0. The number of amides is 2. The lowest BCUT2D eigenvalue weighted by atomic mass is 10.0. The first-order valence-electron chi connectivity index (χ1n) is 8.51. The smallest absolute Gasteiger partial charge is 0.277 e. The molecule has 0 aliphatic carbocycles. The topological polar surface area (TPSA) is 67.9 Å². The Morgan fingerprint density at radius 2 is 1.63 bits per heavy atom. The number of hydrogen-bond acceptors (Lipinski definition) is 5. The van der Waals surface area contributed by atoms with Crippen LogP contribution in [0.25, 0.3) is 5.57 Å². The van der Waals surface area contributed by atoms with E-state index in [0.717, 1.165) is 21.7 Å². The number of ether oxygens (including phenoxy) is 2. The highest BCUT2D eigenvalue weighted by Crippen LogP contribution is 2.35. The number of carbonyl (C=O) groups is 2. The molecule has 6 heteroatoms. The van der Waals surface area contributed by atoms with Crippen LogP contribution in [-0.2, 0) is 9.59 Å². The van der Waals surface area contributed by atoms with Crippen LogP contribution in [0.3, 0.4) is 0 Å². The van der Waals surface area contributed by atoms with Gasteiger partial charge in [-0.3, -0.25) is 14.5 Å². The molecule has 0 fully saturated rings. The molecule has 2 amide bonds. The van der Waals surface area contributed by atoms with Gasteiger partial charge in [-0.25, -0.2) is 0 Å². The third-order valence-corrected chi connectivity index (χ3v) is 4.82. The molecule has 0 aromatic heterocycles. The van der Waals surface area contributed by atoms with Crippen LogP contribution in [-0.4, -0.2) is 38.0 Å². The fraction of sp³-hybridized carbons (Fsp3) is 0.238. The molecule has 1 aliphatic heterocycles. The fourth-order valence-electron chi connectivity index (χ4n) is 3.04. The van der Waals surface area contributed by atoms with E-state index < -0.39 is 0 Å². The average Bonchev–Trinajstić information content (AvgIpc) is 2.88. The van der Waals surface area contributed by atoms with Crippen molar-refractivity contribution in [1.82, 2.24) is 4.90 Å². The van der Waals surface area contributed by atoms with Crippen LogP contribution in [0.5, 0.6) is 11.5 Å². The van der Waals surface area contributed by atoms with E-state index in [0.29, 0.717) is 22.6 Å². The summed E-state index contributed by atoms with van der Waals surface area (Å²) in [5, 5.41) is 3.17. The van der Waals surface area contributed by atoms with Crippen molar-refractivity contribution in [2.75, 3.05) is 26.6 Å². The van der Waals surface area contributed by atoms with Gasteiger partial charge < -0.3 is 14.8 Å². The van der Waals surface area contributed by atoms with Gasteiger partial charge in [-0.05, 0) is 48.7 Å². The minimum Gasteiger partial charge on any atom is -0.493 e. The van der Waals surface area contributed by atoms with Gasteiger partial charge in [0.2, 0.25) is 0 Å². The fourth-order valence-corrected chi connectivity index (χ4v) is 3.04. The van der Waals surface area contributed by atoms with Crippen molar-refractivity contribution in [2.45, 2.75) is 13.8 Å². The summed E-state index contributed by atoms with van der Waals surface area (Å²) in [5.41, 5.74) is 4.06. The Labute approximate surface area is 158 Å². The van der Waals surface area contributed by atoms with E-state index in [1.54, 1.807) is 25.3 Å². The van der Waals surface area contributed by atoms with Gasteiger partial charge in [0, 0.05) is 12.7 Å². The molecule has 0 bridgehead atoms. The molecule has 2 aromatic rings. The van der Waals surface area contributed by atoms with Gasteiger partial charge in [-0.2, -0.15) is 0 Å². The molecule has 0 spiro atoms. The van der Waals surface area contributed by atoms with E-state index in [-0.39, 0.29) is 17.5 Å². The monoisotopic (exact) mass is 366 g/mol. The summed E-state index contributed by atoms with van der Waals surface area (Å²) in [6, 6.07) is 10.9. The lowest BCUT2D eigenvalue weighted by Gasteiger charge is -2.13. The molecule has 140 valence electrons. The van der Waals surface area contributed by atoms with Crippen LogP contribution < -0.4 is 14.8 Å². The van der Waals surface area contributed by atoms with Gasteiger partial charge in [-0.15, -0.1) is 0 Å². The normalized spacial score (nSPS) is 14.0. The first kappa shape index (κ1) is 18.5. The van der Waals surface area contributed by atoms with Gasteiger partial charge in [0.15, 0.2) is 11.5 Å². The Hall–Kier alpha value is -3.28. The third-order valence-electron chi connectivity index (χ3n) is 4.82. The molecule has 0 atom stereocenters. The van der Waals surface area contributed by atoms with Crippen LogP contribution in [0.15, 0.2) is 42.1 Å². The predicted octanol–water partition coefficient (Wildman–Crippen LogP) is 3.14. The maximum Gasteiger partial charge on any atom is 0.277 e. The standard InChI is InChI=1S/C21H22N2O4/c1-12-7-6-8-15(13(12)2)22-19-18(20(24)23(3)21(19)25)14-9-10-16(26-4)17(11-14)27-5/h6-11,22H,1-5H3. The van der Waals surface area contributed by atoms with Crippen LogP contribution in [0.2, 0.25) is 0 Å². The van der Waals surface area contributed by atoms with E-state index in [4.69, 9.17) is 9.47 Å². The zero-order valence-corrected chi connectivity index (χ0v) is 16.0. The lowest BCUT2D eigenvalue weighted by Crippen LogP contribution is -2.28. The highest BCUT2D eigenvalue weighted by molar-refractivity contribution is 6.36. The molecule has 0 unspecified atom stereocenters. The van der Waals surface area contributed by atoms with Gasteiger partial charge in [-0.1, -0.05) is 18.2 Å². The van der Waals surface area contributed by atoms with Crippen molar-refractivity contribution in [3.63, 3.8) is 0 Å². The number of methoxy groups -OCH3 is 2. The van der Waals surface area contributed by atoms with Crippen LogP contribution in [0, 0.1) is 13.8 Å². The maximum absolute atomic E-state index is 12.8. The lowest BCUT2D eigenvalue weighted by molar-refractivity contribution is -0.135. The molecule has 6 nitrogen and oxygen atoms in total. The van der Waals surface area contributed by atoms with E-state index in [1.807, 2.05) is 32.0 Å². The second-order valence-electron chi connectivity index (χ2n) is 6.36. The Kier molecular flexibility index (Phi) is 4.90. The first-order chi connectivity index (χ1) is 12.9. The van der Waals surface area contributed by atoms with Crippen LogP contribution in [0.1, 0.15) is 16.7 Å². The van der Waals surface area contributed by atoms with Gasteiger partial charge in [0.1, 0.15) is 5.70 Å². The molecule has 27 heavy (non-hydrogen) atoms. The van der Waals surface area contributed by atoms with Crippen molar-refractivity contribution >= 4 is 23.1 Å². The van der Waals surface area contributed by atoms with E-state index in [1.165, 1.54) is 14.2 Å². The number of nitrogens with one attached hydrogen (secondary N) is 1. The van der Waals surface area contributed by atoms with Gasteiger partial charge in [0.05, 0.1) is 19.8 Å². The number of nitrogens with zero attached hydrogens (tertiary/aromatic N) is 1. The minimum absolute atomic E-state index is 0.253. The molecule has 3 rings (SSSR count). The van der Waals surface area contributed by atoms with E-state index in [2.05, 4.69) is 5.32 Å². The average molecular weight is 366 g/mol. The third kappa shape index (κ3) is 3.14. The maximum atomic E-state index is 12.8. The molecular weight excluding hydrogens is 344 g/mol. The highest BCUT2D eigenvalue weighted by atomic mass is 16.5. The Balaban J connectivity index is 2.14. The minimum atomic E-state index is -0.370. The van der Waals surface area contributed by atoms with Crippen LogP contribution >= 0.6 is 0 Å². The summed E-state index contributed by atoms with van der Waals surface area (Å²) < 4.78 is 10.6. The predicted molar refractivity (Wildman–Crippen MR) is 104 cm³/mol. The number of anilines is 1.